The van der Waals surface area contributed by atoms with Crippen molar-refractivity contribution in [3.8, 4) is 5.69 Å². The Morgan fingerprint density at radius 1 is 1.07 bits per heavy atom. The van der Waals surface area contributed by atoms with Gasteiger partial charge in [-0.05, 0) is 49.6 Å². The van der Waals surface area contributed by atoms with Crippen molar-refractivity contribution in [2.24, 2.45) is 0 Å². The molecule has 1 aliphatic rings. The number of nitrogens with zero attached hydrogens (tertiary/aromatic N) is 2. The molecule has 2 N–H and O–H groups in total. The number of hydrogen-bond acceptors (Lipinski definition) is 3. The minimum atomic E-state index is -0.279. The maximum Gasteiger partial charge on any atom is 0.274 e. The molecule has 0 spiro atoms. The smallest absolute Gasteiger partial charge is 0.274 e. The zero-order valence-electron chi connectivity index (χ0n) is 15.0. The highest BCUT2D eigenvalue weighted by atomic mass is 16.2. The molecule has 1 heterocycles. The highest BCUT2D eigenvalue weighted by Crippen LogP contribution is 2.22. The first kappa shape index (κ1) is 17.0. The first-order chi connectivity index (χ1) is 13.1. The van der Waals surface area contributed by atoms with E-state index in [2.05, 4.69) is 15.6 Å². The minimum absolute atomic E-state index is 0.109. The van der Waals surface area contributed by atoms with E-state index in [1.54, 1.807) is 23.0 Å². The third kappa shape index (κ3) is 3.74. The van der Waals surface area contributed by atoms with Gasteiger partial charge < -0.3 is 10.6 Å². The van der Waals surface area contributed by atoms with Gasteiger partial charge in [0, 0.05) is 23.0 Å². The topological polar surface area (TPSA) is 76.0 Å². The molecule has 6 nitrogen and oxygen atoms in total. The second-order valence-electron chi connectivity index (χ2n) is 6.72. The van der Waals surface area contributed by atoms with Gasteiger partial charge >= 0.3 is 0 Å². The molecule has 2 aromatic carbocycles. The SMILES string of the molecule is Cc1ccc(C(=O)NC2CC2)cc1NC(=O)c1cncn1-c1ccccc1. The molecule has 0 unspecified atom stereocenters. The summed E-state index contributed by atoms with van der Waals surface area (Å²) in [6.45, 7) is 1.90. The zero-order valence-corrected chi connectivity index (χ0v) is 15.0. The standard InChI is InChI=1S/C21H20N4O2/c1-14-7-8-15(20(26)23-16-9-10-16)11-18(14)24-21(27)19-12-22-13-25(19)17-5-3-2-4-6-17/h2-8,11-13,16H,9-10H2,1H3,(H,23,26)(H,24,27). The number of imidazole rings is 1. The van der Waals surface area contributed by atoms with Crippen LogP contribution in [0.25, 0.3) is 5.69 Å². The molecular weight excluding hydrogens is 340 g/mol. The molecule has 1 aromatic heterocycles. The summed E-state index contributed by atoms with van der Waals surface area (Å²) in [5.74, 6) is -0.387. The molecule has 0 atom stereocenters. The molecule has 2 amide bonds. The average molecular weight is 360 g/mol. The normalized spacial score (nSPS) is 13.2. The molecule has 1 saturated carbocycles. The molecule has 6 heteroatoms. The van der Waals surface area contributed by atoms with E-state index in [1.165, 1.54) is 6.20 Å². The Bertz CT molecular complexity index is 990. The van der Waals surface area contributed by atoms with Crippen molar-refractivity contribution in [3.05, 3.63) is 77.9 Å². The van der Waals surface area contributed by atoms with Crippen LogP contribution >= 0.6 is 0 Å². The summed E-state index contributed by atoms with van der Waals surface area (Å²) in [5, 5.41) is 5.87. The zero-order chi connectivity index (χ0) is 18.8. The second kappa shape index (κ2) is 7.07. The first-order valence-electron chi connectivity index (χ1n) is 8.92. The predicted octanol–water partition coefficient (Wildman–Crippen LogP) is 3.33. The van der Waals surface area contributed by atoms with Gasteiger partial charge in [-0.1, -0.05) is 24.3 Å². The summed E-state index contributed by atoms with van der Waals surface area (Å²) in [4.78, 5) is 29.2. The van der Waals surface area contributed by atoms with Crippen LogP contribution in [0.5, 0.6) is 0 Å². The Kier molecular flexibility index (Phi) is 4.46. The number of para-hydroxylation sites is 1. The number of aryl methyl sites for hydroxylation is 1. The van der Waals surface area contributed by atoms with Crippen molar-refractivity contribution in [3.63, 3.8) is 0 Å². The van der Waals surface area contributed by atoms with Crippen LogP contribution in [0, 0.1) is 6.92 Å². The van der Waals surface area contributed by atoms with Crippen molar-refractivity contribution in [1.29, 1.82) is 0 Å². The Labute approximate surface area is 157 Å². The van der Waals surface area contributed by atoms with Crippen LogP contribution in [0.15, 0.2) is 61.1 Å². The number of hydrogen-bond donors (Lipinski definition) is 2. The molecular formula is C21H20N4O2. The van der Waals surface area contributed by atoms with Crippen molar-refractivity contribution < 1.29 is 9.59 Å². The van der Waals surface area contributed by atoms with Gasteiger partial charge in [-0.2, -0.15) is 0 Å². The number of anilines is 1. The average Bonchev–Trinajstić information content (AvgIpc) is 3.35. The van der Waals surface area contributed by atoms with E-state index in [0.29, 0.717) is 16.9 Å². The van der Waals surface area contributed by atoms with Crippen LogP contribution in [-0.4, -0.2) is 27.4 Å². The molecule has 0 saturated heterocycles. The summed E-state index contributed by atoms with van der Waals surface area (Å²) < 4.78 is 1.73. The van der Waals surface area contributed by atoms with Gasteiger partial charge in [0.25, 0.3) is 11.8 Å². The summed E-state index contributed by atoms with van der Waals surface area (Å²) in [7, 11) is 0. The molecule has 0 radical (unpaired) electrons. The Hall–Kier alpha value is -3.41. The summed E-state index contributed by atoms with van der Waals surface area (Å²) in [5.41, 5.74) is 3.32. The third-order valence-electron chi connectivity index (χ3n) is 4.57. The van der Waals surface area contributed by atoms with Crippen LogP contribution in [0.1, 0.15) is 39.3 Å². The lowest BCUT2D eigenvalue weighted by atomic mass is 10.1. The fourth-order valence-corrected chi connectivity index (χ4v) is 2.84. The molecule has 136 valence electrons. The van der Waals surface area contributed by atoms with E-state index in [4.69, 9.17) is 0 Å². The molecule has 1 fully saturated rings. The van der Waals surface area contributed by atoms with Crippen LogP contribution in [0.4, 0.5) is 5.69 Å². The lowest BCUT2D eigenvalue weighted by Crippen LogP contribution is -2.25. The first-order valence-corrected chi connectivity index (χ1v) is 8.92. The fourth-order valence-electron chi connectivity index (χ4n) is 2.84. The number of amides is 2. The molecule has 1 aliphatic carbocycles. The lowest BCUT2D eigenvalue weighted by molar-refractivity contribution is 0.0949. The molecule has 0 aliphatic heterocycles. The number of carbonyl (C=O) groups excluding carboxylic acids is 2. The number of nitrogens with one attached hydrogen (secondary N) is 2. The van der Waals surface area contributed by atoms with Gasteiger partial charge in [0.2, 0.25) is 0 Å². The van der Waals surface area contributed by atoms with Crippen LogP contribution in [0.3, 0.4) is 0 Å². The highest BCUT2D eigenvalue weighted by molar-refractivity contribution is 6.05. The van der Waals surface area contributed by atoms with E-state index < -0.39 is 0 Å². The molecule has 27 heavy (non-hydrogen) atoms. The summed E-state index contributed by atoms with van der Waals surface area (Å²) in [6.07, 6.45) is 5.20. The quantitative estimate of drug-likeness (QED) is 0.733. The van der Waals surface area contributed by atoms with Gasteiger partial charge in [0.05, 0.1) is 12.5 Å². The Morgan fingerprint density at radius 2 is 1.85 bits per heavy atom. The number of carbonyl (C=O) groups is 2. The van der Waals surface area contributed by atoms with Gasteiger partial charge in [0.15, 0.2) is 0 Å². The number of rotatable bonds is 5. The predicted molar refractivity (Wildman–Crippen MR) is 103 cm³/mol. The summed E-state index contributed by atoms with van der Waals surface area (Å²) in [6, 6.07) is 15.2. The maximum atomic E-state index is 12.8. The Balaban J connectivity index is 1.57. The van der Waals surface area contributed by atoms with E-state index in [0.717, 1.165) is 24.1 Å². The van der Waals surface area contributed by atoms with Crippen LogP contribution in [-0.2, 0) is 0 Å². The van der Waals surface area contributed by atoms with E-state index in [-0.39, 0.29) is 17.9 Å². The maximum absolute atomic E-state index is 12.8. The monoisotopic (exact) mass is 360 g/mol. The molecule has 4 rings (SSSR count). The van der Waals surface area contributed by atoms with Crippen LogP contribution in [0.2, 0.25) is 0 Å². The lowest BCUT2D eigenvalue weighted by Gasteiger charge is -2.12. The van der Waals surface area contributed by atoms with Crippen molar-refractivity contribution in [2.75, 3.05) is 5.32 Å². The second-order valence-corrected chi connectivity index (χ2v) is 6.72. The fraction of sp³-hybridized carbons (Fsp3) is 0.190. The third-order valence-corrected chi connectivity index (χ3v) is 4.57. The van der Waals surface area contributed by atoms with Gasteiger partial charge in [-0.25, -0.2) is 4.98 Å². The number of aromatic nitrogens is 2. The van der Waals surface area contributed by atoms with Gasteiger partial charge in [0.1, 0.15) is 5.69 Å². The largest absolute Gasteiger partial charge is 0.349 e. The van der Waals surface area contributed by atoms with Crippen molar-refractivity contribution >= 4 is 17.5 Å². The van der Waals surface area contributed by atoms with Gasteiger partial charge in [-0.15, -0.1) is 0 Å². The number of benzene rings is 2. The van der Waals surface area contributed by atoms with E-state index in [9.17, 15) is 9.59 Å². The molecule has 0 bridgehead atoms. The minimum Gasteiger partial charge on any atom is -0.349 e. The van der Waals surface area contributed by atoms with Gasteiger partial charge in [-0.3, -0.25) is 14.2 Å². The van der Waals surface area contributed by atoms with Crippen LogP contribution < -0.4 is 10.6 Å². The highest BCUT2D eigenvalue weighted by Gasteiger charge is 2.24. The van der Waals surface area contributed by atoms with E-state index in [1.807, 2.05) is 43.3 Å². The Morgan fingerprint density at radius 3 is 2.59 bits per heavy atom. The van der Waals surface area contributed by atoms with Crippen molar-refractivity contribution in [1.82, 2.24) is 14.9 Å². The summed E-state index contributed by atoms with van der Waals surface area (Å²) >= 11 is 0. The molecule has 3 aromatic rings. The van der Waals surface area contributed by atoms with E-state index >= 15 is 0 Å². The van der Waals surface area contributed by atoms with Crippen molar-refractivity contribution in [2.45, 2.75) is 25.8 Å².